The third-order valence-electron chi connectivity index (χ3n) is 3.43. The molecule has 128 valence electrons. The molecule has 10 nitrogen and oxygen atoms in total. The summed E-state index contributed by atoms with van der Waals surface area (Å²) in [5.41, 5.74) is 5.25. The van der Waals surface area contributed by atoms with Crippen molar-refractivity contribution in [3.8, 4) is 0 Å². The molecular weight excluding hydrogens is 300 g/mol. The Labute approximate surface area is 126 Å². The normalized spacial score (nSPS) is 34.6. The van der Waals surface area contributed by atoms with Crippen molar-refractivity contribution in [2.45, 2.75) is 49.6 Å². The zero-order valence-electron chi connectivity index (χ0n) is 12.3. The van der Waals surface area contributed by atoms with Gasteiger partial charge in [-0.1, -0.05) is 0 Å². The maximum atomic E-state index is 11.6. The monoisotopic (exact) mass is 322 g/mol. The second-order valence-corrected chi connectivity index (χ2v) is 5.15. The van der Waals surface area contributed by atoms with Crippen LogP contribution >= 0.6 is 0 Å². The van der Waals surface area contributed by atoms with E-state index in [-0.39, 0.29) is 6.54 Å². The Hall–Kier alpha value is -1.30. The van der Waals surface area contributed by atoms with Crippen LogP contribution in [0.25, 0.3) is 0 Å². The number of amides is 1. The third-order valence-corrected chi connectivity index (χ3v) is 3.43. The van der Waals surface area contributed by atoms with Gasteiger partial charge in [0.2, 0.25) is 5.91 Å². The van der Waals surface area contributed by atoms with Gasteiger partial charge in [-0.05, 0) is 0 Å². The number of rotatable bonds is 5. The van der Waals surface area contributed by atoms with Crippen LogP contribution in [0.15, 0.2) is 0 Å². The van der Waals surface area contributed by atoms with E-state index in [4.69, 9.17) is 10.5 Å². The first-order valence-electron chi connectivity index (χ1n) is 6.66. The lowest BCUT2D eigenvalue weighted by Gasteiger charge is -2.45. The summed E-state index contributed by atoms with van der Waals surface area (Å²) in [5, 5.41) is 42.3. The lowest BCUT2D eigenvalue weighted by molar-refractivity contribution is -0.295. The molecule has 0 spiro atoms. The van der Waals surface area contributed by atoms with Crippen LogP contribution in [0.1, 0.15) is 13.3 Å². The van der Waals surface area contributed by atoms with Crippen LogP contribution < -0.4 is 11.1 Å². The third kappa shape index (κ3) is 3.91. The van der Waals surface area contributed by atoms with Crippen molar-refractivity contribution < 1.29 is 39.5 Å². The van der Waals surface area contributed by atoms with E-state index in [9.17, 15) is 30.0 Å². The molecule has 6 atom stereocenters. The highest BCUT2D eigenvalue weighted by atomic mass is 16.7. The van der Waals surface area contributed by atoms with Crippen LogP contribution in [0.4, 0.5) is 0 Å². The fraction of sp³-hybridized carbons (Fsp3) is 0.833. The molecule has 0 bridgehead atoms. The lowest BCUT2D eigenvalue weighted by Crippen LogP contribution is -2.67. The summed E-state index contributed by atoms with van der Waals surface area (Å²) in [5.74, 6) is -4.22. The highest BCUT2D eigenvalue weighted by Gasteiger charge is 2.54. The Morgan fingerprint density at radius 1 is 1.50 bits per heavy atom. The first-order valence-corrected chi connectivity index (χ1v) is 6.66. The van der Waals surface area contributed by atoms with E-state index in [0.717, 1.165) is 7.11 Å². The number of methoxy groups -OCH3 is 1. The Morgan fingerprint density at radius 3 is 2.55 bits per heavy atom. The average molecular weight is 322 g/mol. The topological polar surface area (TPSA) is 172 Å². The van der Waals surface area contributed by atoms with Crippen LogP contribution in [-0.2, 0) is 19.1 Å². The van der Waals surface area contributed by atoms with Crippen molar-refractivity contribution in [2.75, 3.05) is 13.7 Å². The largest absolute Gasteiger partial charge is 0.465 e. The standard InChI is InChI=1S/C12H22N2O8/c1-5(15)14-8-6(16)3-12(20,11(19)21-2)22-10(8)9(18)7(17)4-13/h6-10,16-18,20H,3-4,13H2,1-2H3,(H,14,15)/t6-,7?,8?,9?,10?,12-/m1/s1. The molecule has 0 saturated carbocycles. The molecule has 1 rings (SSSR count). The van der Waals surface area contributed by atoms with Crippen molar-refractivity contribution in [2.24, 2.45) is 5.73 Å². The molecule has 22 heavy (non-hydrogen) atoms. The number of aliphatic hydroxyl groups is 4. The van der Waals surface area contributed by atoms with Crippen molar-refractivity contribution in [1.29, 1.82) is 0 Å². The zero-order chi connectivity index (χ0) is 17.1. The number of carbonyl (C=O) groups is 2. The van der Waals surface area contributed by atoms with Gasteiger partial charge in [0, 0.05) is 19.9 Å². The summed E-state index contributed by atoms with van der Waals surface area (Å²) in [4.78, 5) is 22.8. The molecule has 0 aromatic heterocycles. The molecule has 1 saturated heterocycles. The van der Waals surface area contributed by atoms with E-state index in [1.54, 1.807) is 0 Å². The molecule has 0 aromatic rings. The van der Waals surface area contributed by atoms with Gasteiger partial charge in [-0.2, -0.15) is 0 Å². The van der Waals surface area contributed by atoms with Gasteiger partial charge in [0.1, 0.15) is 12.2 Å². The SMILES string of the molecule is COC(=O)[C@@]1(O)C[C@@H](O)C(NC(C)=O)C(C(O)C(O)CN)O1. The molecule has 1 heterocycles. The molecule has 1 fully saturated rings. The molecule has 0 radical (unpaired) electrons. The fourth-order valence-corrected chi connectivity index (χ4v) is 2.32. The summed E-state index contributed by atoms with van der Waals surface area (Å²) in [6.07, 6.45) is -6.59. The number of ether oxygens (including phenoxy) is 2. The Bertz CT molecular complexity index is 420. The van der Waals surface area contributed by atoms with E-state index < -0.39 is 54.5 Å². The highest BCUT2D eigenvalue weighted by Crippen LogP contribution is 2.31. The molecule has 1 amide bonds. The number of hydrogen-bond acceptors (Lipinski definition) is 9. The highest BCUT2D eigenvalue weighted by molar-refractivity contribution is 5.78. The predicted octanol–water partition coefficient (Wildman–Crippen LogP) is -3.82. The van der Waals surface area contributed by atoms with Gasteiger partial charge in [-0.3, -0.25) is 4.79 Å². The number of hydrogen-bond donors (Lipinski definition) is 6. The molecule has 0 aromatic carbocycles. The van der Waals surface area contributed by atoms with Gasteiger partial charge >= 0.3 is 5.97 Å². The lowest BCUT2D eigenvalue weighted by atomic mass is 9.88. The predicted molar refractivity (Wildman–Crippen MR) is 71.1 cm³/mol. The number of aliphatic hydroxyl groups excluding tert-OH is 3. The summed E-state index contributed by atoms with van der Waals surface area (Å²) in [6, 6.07) is -1.15. The molecule has 1 aliphatic heterocycles. The summed E-state index contributed by atoms with van der Waals surface area (Å²) in [7, 11) is 1.01. The van der Waals surface area contributed by atoms with Gasteiger partial charge in [0.05, 0.1) is 25.4 Å². The van der Waals surface area contributed by atoms with Crippen LogP contribution in [0.5, 0.6) is 0 Å². The van der Waals surface area contributed by atoms with Crippen molar-refractivity contribution in [3.05, 3.63) is 0 Å². The Balaban J connectivity index is 3.09. The van der Waals surface area contributed by atoms with Crippen molar-refractivity contribution in [1.82, 2.24) is 5.32 Å². The zero-order valence-corrected chi connectivity index (χ0v) is 12.3. The number of nitrogens with two attached hydrogens (primary N) is 1. The van der Waals surface area contributed by atoms with Gasteiger partial charge in [0.15, 0.2) is 0 Å². The van der Waals surface area contributed by atoms with Crippen LogP contribution in [0.3, 0.4) is 0 Å². The van der Waals surface area contributed by atoms with Crippen molar-refractivity contribution >= 4 is 11.9 Å². The summed E-state index contributed by atoms with van der Waals surface area (Å²) >= 11 is 0. The smallest absolute Gasteiger partial charge is 0.366 e. The molecule has 7 N–H and O–H groups in total. The fourth-order valence-electron chi connectivity index (χ4n) is 2.32. The van der Waals surface area contributed by atoms with Crippen LogP contribution in [0.2, 0.25) is 0 Å². The first kappa shape index (κ1) is 18.7. The summed E-state index contributed by atoms with van der Waals surface area (Å²) in [6.45, 7) is 0.844. The minimum absolute atomic E-state index is 0.333. The van der Waals surface area contributed by atoms with Crippen LogP contribution in [0, 0.1) is 0 Å². The first-order chi connectivity index (χ1) is 10.2. The van der Waals surface area contributed by atoms with Gasteiger partial charge in [-0.15, -0.1) is 0 Å². The van der Waals surface area contributed by atoms with E-state index in [1.807, 2.05) is 0 Å². The second kappa shape index (κ2) is 7.31. The minimum atomic E-state index is -2.51. The number of esters is 1. The molecular formula is C12H22N2O8. The van der Waals surface area contributed by atoms with E-state index in [1.165, 1.54) is 6.92 Å². The average Bonchev–Trinajstić information content (AvgIpc) is 2.46. The van der Waals surface area contributed by atoms with E-state index >= 15 is 0 Å². The number of nitrogens with one attached hydrogen (secondary N) is 1. The number of carbonyl (C=O) groups excluding carboxylic acids is 2. The van der Waals surface area contributed by atoms with Gasteiger partial charge < -0.3 is 41.0 Å². The Morgan fingerprint density at radius 2 is 2.09 bits per heavy atom. The maximum Gasteiger partial charge on any atom is 0.366 e. The second-order valence-electron chi connectivity index (χ2n) is 5.15. The molecule has 0 aliphatic carbocycles. The van der Waals surface area contributed by atoms with Gasteiger partial charge in [-0.25, -0.2) is 4.79 Å². The Kier molecular flexibility index (Phi) is 6.23. The molecule has 4 unspecified atom stereocenters. The van der Waals surface area contributed by atoms with E-state index in [2.05, 4.69) is 10.1 Å². The van der Waals surface area contributed by atoms with Crippen LogP contribution in [-0.4, -0.2) is 82.2 Å². The minimum Gasteiger partial charge on any atom is -0.465 e. The van der Waals surface area contributed by atoms with Gasteiger partial charge in [0.25, 0.3) is 5.79 Å². The quantitative estimate of drug-likeness (QED) is 0.277. The molecule has 1 aliphatic rings. The maximum absolute atomic E-state index is 11.6. The van der Waals surface area contributed by atoms with Crippen molar-refractivity contribution in [3.63, 3.8) is 0 Å². The summed E-state index contributed by atoms with van der Waals surface area (Å²) < 4.78 is 9.53. The molecule has 10 heteroatoms. The van der Waals surface area contributed by atoms with E-state index in [0.29, 0.717) is 0 Å².